The molecule has 5 nitrogen and oxygen atoms in total. The SMILES string of the molecule is Cc1cccc(S(=O)(=O)N2CCC(n3cnc4ccccc43)C2)c1. The molecule has 1 unspecified atom stereocenters. The molecule has 1 fully saturated rings. The summed E-state index contributed by atoms with van der Waals surface area (Å²) in [6.45, 7) is 2.92. The van der Waals surface area contributed by atoms with Crippen molar-refractivity contribution in [3.63, 3.8) is 0 Å². The van der Waals surface area contributed by atoms with Gasteiger partial charge in [0, 0.05) is 13.1 Å². The van der Waals surface area contributed by atoms with Gasteiger partial charge in [0.1, 0.15) is 0 Å². The molecule has 1 aliphatic rings. The van der Waals surface area contributed by atoms with E-state index in [1.54, 1.807) is 22.5 Å². The van der Waals surface area contributed by atoms with Crippen LogP contribution in [0.25, 0.3) is 11.0 Å². The zero-order valence-corrected chi connectivity index (χ0v) is 14.3. The van der Waals surface area contributed by atoms with Crippen LogP contribution in [0.1, 0.15) is 18.0 Å². The molecule has 1 saturated heterocycles. The van der Waals surface area contributed by atoms with E-state index in [4.69, 9.17) is 0 Å². The van der Waals surface area contributed by atoms with E-state index in [-0.39, 0.29) is 6.04 Å². The third-order valence-corrected chi connectivity index (χ3v) is 6.49. The molecule has 0 radical (unpaired) electrons. The van der Waals surface area contributed by atoms with Crippen LogP contribution in [-0.2, 0) is 10.0 Å². The van der Waals surface area contributed by atoms with Crippen molar-refractivity contribution in [2.24, 2.45) is 0 Å². The van der Waals surface area contributed by atoms with Gasteiger partial charge in [-0.1, -0.05) is 24.3 Å². The Morgan fingerprint density at radius 2 is 1.96 bits per heavy atom. The molecule has 0 N–H and O–H groups in total. The fourth-order valence-corrected chi connectivity index (χ4v) is 4.95. The van der Waals surface area contributed by atoms with Crippen molar-refractivity contribution in [2.45, 2.75) is 24.3 Å². The Bertz CT molecular complexity index is 994. The third kappa shape index (κ3) is 2.52. The van der Waals surface area contributed by atoms with Crippen molar-refractivity contribution in [1.82, 2.24) is 13.9 Å². The standard InChI is InChI=1S/C18H19N3O2S/c1-14-5-4-6-16(11-14)24(22,23)20-10-9-15(12-20)21-13-19-17-7-2-3-8-18(17)21/h2-8,11,13,15H,9-10,12H2,1H3. The first-order chi connectivity index (χ1) is 11.6. The van der Waals surface area contributed by atoms with E-state index in [1.807, 2.05) is 43.6 Å². The minimum Gasteiger partial charge on any atom is -0.326 e. The van der Waals surface area contributed by atoms with Crippen LogP contribution in [0, 0.1) is 6.92 Å². The molecule has 2 heterocycles. The van der Waals surface area contributed by atoms with E-state index < -0.39 is 10.0 Å². The molecule has 0 spiro atoms. The zero-order chi connectivity index (χ0) is 16.7. The van der Waals surface area contributed by atoms with Crippen LogP contribution < -0.4 is 0 Å². The van der Waals surface area contributed by atoms with Gasteiger partial charge in [-0.2, -0.15) is 4.31 Å². The highest BCUT2D eigenvalue weighted by molar-refractivity contribution is 7.89. The maximum Gasteiger partial charge on any atom is 0.243 e. The number of para-hydroxylation sites is 2. The molecule has 0 saturated carbocycles. The number of sulfonamides is 1. The lowest BCUT2D eigenvalue weighted by Crippen LogP contribution is -2.29. The molecule has 4 rings (SSSR count). The van der Waals surface area contributed by atoms with Gasteiger partial charge in [0.05, 0.1) is 28.3 Å². The predicted octanol–water partition coefficient (Wildman–Crippen LogP) is 2.98. The molecule has 1 aromatic heterocycles. The summed E-state index contributed by atoms with van der Waals surface area (Å²) in [7, 11) is -3.44. The fraction of sp³-hybridized carbons (Fsp3) is 0.278. The molecule has 1 atom stereocenters. The molecule has 0 aliphatic carbocycles. The van der Waals surface area contributed by atoms with E-state index >= 15 is 0 Å². The number of fused-ring (bicyclic) bond motifs is 1. The normalized spacial score (nSPS) is 19.1. The number of benzene rings is 2. The van der Waals surface area contributed by atoms with Crippen molar-refractivity contribution < 1.29 is 8.42 Å². The second-order valence-corrected chi connectivity index (χ2v) is 8.20. The van der Waals surface area contributed by atoms with Crippen molar-refractivity contribution >= 4 is 21.1 Å². The minimum atomic E-state index is -3.44. The smallest absolute Gasteiger partial charge is 0.243 e. The summed E-state index contributed by atoms with van der Waals surface area (Å²) in [5, 5.41) is 0. The van der Waals surface area contributed by atoms with Gasteiger partial charge in [-0.3, -0.25) is 0 Å². The lowest BCUT2D eigenvalue weighted by atomic mass is 10.2. The molecule has 124 valence electrons. The summed E-state index contributed by atoms with van der Waals surface area (Å²) in [6.07, 6.45) is 2.61. The Morgan fingerprint density at radius 3 is 2.79 bits per heavy atom. The van der Waals surface area contributed by atoms with Gasteiger partial charge < -0.3 is 4.57 Å². The van der Waals surface area contributed by atoms with Crippen molar-refractivity contribution in [1.29, 1.82) is 0 Å². The molecular weight excluding hydrogens is 322 g/mol. The van der Waals surface area contributed by atoms with E-state index in [9.17, 15) is 8.42 Å². The number of hydrogen-bond donors (Lipinski definition) is 0. The monoisotopic (exact) mass is 341 g/mol. The highest BCUT2D eigenvalue weighted by Gasteiger charge is 2.33. The summed E-state index contributed by atoms with van der Waals surface area (Å²) in [5.74, 6) is 0. The highest BCUT2D eigenvalue weighted by atomic mass is 32.2. The van der Waals surface area contributed by atoms with Gasteiger partial charge in [0.25, 0.3) is 0 Å². The van der Waals surface area contributed by atoms with Crippen molar-refractivity contribution in [3.05, 3.63) is 60.4 Å². The maximum absolute atomic E-state index is 12.9. The Kier molecular flexibility index (Phi) is 3.66. The molecule has 0 amide bonds. The van der Waals surface area contributed by atoms with E-state index in [0.29, 0.717) is 18.0 Å². The summed E-state index contributed by atoms with van der Waals surface area (Å²) < 4.78 is 29.4. The second kappa shape index (κ2) is 5.72. The van der Waals surface area contributed by atoms with Crippen LogP contribution in [0.15, 0.2) is 59.8 Å². The van der Waals surface area contributed by atoms with Gasteiger partial charge in [0.2, 0.25) is 10.0 Å². The van der Waals surface area contributed by atoms with Crippen LogP contribution in [0.5, 0.6) is 0 Å². The molecule has 3 aromatic rings. The number of rotatable bonds is 3. The van der Waals surface area contributed by atoms with Crippen LogP contribution >= 0.6 is 0 Å². The highest BCUT2D eigenvalue weighted by Crippen LogP contribution is 2.29. The lowest BCUT2D eigenvalue weighted by Gasteiger charge is -2.18. The van der Waals surface area contributed by atoms with Crippen molar-refractivity contribution in [2.75, 3.05) is 13.1 Å². The van der Waals surface area contributed by atoms with Crippen LogP contribution in [0.3, 0.4) is 0 Å². The summed E-state index contributed by atoms with van der Waals surface area (Å²) in [6, 6.07) is 15.2. The van der Waals surface area contributed by atoms with Gasteiger partial charge in [0.15, 0.2) is 0 Å². The second-order valence-electron chi connectivity index (χ2n) is 6.26. The van der Waals surface area contributed by atoms with Crippen LogP contribution in [0.4, 0.5) is 0 Å². The van der Waals surface area contributed by atoms with Gasteiger partial charge in [-0.15, -0.1) is 0 Å². The fourth-order valence-electron chi connectivity index (χ4n) is 3.35. The van der Waals surface area contributed by atoms with Crippen LogP contribution in [-0.4, -0.2) is 35.4 Å². The first-order valence-corrected chi connectivity index (χ1v) is 9.48. The molecule has 0 bridgehead atoms. The summed E-state index contributed by atoms with van der Waals surface area (Å²) in [5.41, 5.74) is 2.95. The van der Waals surface area contributed by atoms with Gasteiger partial charge in [-0.05, 0) is 43.2 Å². The topological polar surface area (TPSA) is 55.2 Å². The third-order valence-electron chi connectivity index (χ3n) is 4.63. The molecular formula is C18H19N3O2S. The summed E-state index contributed by atoms with van der Waals surface area (Å²) >= 11 is 0. The number of imidazole rings is 1. The van der Waals surface area contributed by atoms with E-state index in [2.05, 4.69) is 9.55 Å². The minimum absolute atomic E-state index is 0.122. The number of nitrogens with zero attached hydrogens (tertiary/aromatic N) is 3. The van der Waals surface area contributed by atoms with E-state index in [1.165, 1.54) is 0 Å². The first kappa shape index (κ1) is 15.4. The molecule has 24 heavy (non-hydrogen) atoms. The Balaban J connectivity index is 1.62. The van der Waals surface area contributed by atoms with Gasteiger partial charge >= 0.3 is 0 Å². The molecule has 6 heteroatoms. The molecule has 1 aliphatic heterocycles. The average Bonchev–Trinajstić information content (AvgIpc) is 3.21. The average molecular weight is 341 g/mol. The number of aromatic nitrogens is 2. The maximum atomic E-state index is 12.9. The summed E-state index contributed by atoms with van der Waals surface area (Å²) in [4.78, 5) is 4.79. The largest absolute Gasteiger partial charge is 0.326 e. The first-order valence-electron chi connectivity index (χ1n) is 8.04. The van der Waals surface area contributed by atoms with Crippen molar-refractivity contribution in [3.8, 4) is 0 Å². The van der Waals surface area contributed by atoms with Gasteiger partial charge in [-0.25, -0.2) is 13.4 Å². The lowest BCUT2D eigenvalue weighted by molar-refractivity contribution is 0.455. The van der Waals surface area contributed by atoms with Crippen LogP contribution in [0.2, 0.25) is 0 Å². The number of aryl methyl sites for hydroxylation is 1. The Morgan fingerprint density at radius 1 is 1.12 bits per heavy atom. The number of hydrogen-bond acceptors (Lipinski definition) is 3. The van der Waals surface area contributed by atoms with E-state index in [0.717, 1.165) is 23.0 Å². The quantitative estimate of drug-likeness (QED) is 0.736. The Labute approximate surface area is 141 Å². The predicted molar refractivity (Wildman–Crippen MR) is 93.3 cm³/mol. The Hall–Kier alpha value is -2.18. The molecule has 2 aromatic carbocycles. The zero-order valence-electron chi connectivity index (χ0n) is 13.5.